The first-order valence-corrected chi connectivity index (χ1v) is 6.41. The van der Waals surface area contributed by atoms with Crippen LogP contribution in [0.25, 0.3) is 0 Å². The van der Waals surface area contributed by atoms with Crippen molar-refractivity contribution in [2.24, 2.45) is 0 Å². The number of rotatable bonds is 4. The van der Waals surface area contributed by atoms with Gasteiger partial charge in [0.25, 0.3) is 5.91 Å². The van der Waals surface area contributed by atoms with Gasteiger partial charge < -0.3 is 4.90 Å². The smallest absolute Gasteiger partial charge is 0.273 e. The summed E-state index contributed by atoms with van der Waals surface area (Å²) in [5.74, 6) is -0.307. The van der Waals surface area contributed by atoms with Gasteiger partial charge in [-0.3, -0.25) is 4.79 Å². The third-order valence-electron chi connectivity index (χ3n) is 2.70. The van der Waals surface area contributed by atoms with E-state index < -0.39 is 0 Å². The lowest BCUT2D eigenvalue weighted by atomic mass is 10.2. The van der Waals surface area contributed by atoms with Gasteiger partial charge in [-0.15, -0.1) is 0 Å². The summed E-state index contributed by atoms with van der Waals surface area (Å²) in [5.41, 5.74) is 1.20. The molecule has 0 aliphatic heterocycles. The number of amides is 1. The second-order valence-electron chi connectivity index (χ2n) is 4.15. The van der Waals surface area contributed by atoms with Crippen molar-refractivity contribution in [2.75, 3.05) is 6.54 Å². The normalized spacial score (nSPS) is 9.80. The number of pyridine rings is 1. The van der Waals surface area contributed by atoms with Crippen LogP contribution in [-0.4, -0.2) is 22.3 Å². The Kier molecular flexibility index (Phi) is 4.70. The maximum absolute atomic E-state index is 12.3. The van der Waals surface area contributed by atoms with Crippen molar-refractivity contribution in [3.05, 3.63) is 64.9 Å². The van der Waals surface area contributed by atoms with Crippen molar-refractivity contribution >= 4 is 17.5 Å². The van der Waals surface area contributed by atoms with Crippen molar-refractivity contribution in [1.29, 1.82) is 5.26 Å². The van der Waals surface area contributed by atoms with Crippen molar-refractivity contribution in [3.8, 4) is 6.07 Å². The minimum Gasteiger partial charge on any atom is -0.320 e. The first-order valence-electron chi connectivity index (χ1n) is 6.03. The second kappa shape index (κ2) is 6.69. The van der Waals surface area contributed by atoms with Crippen LogP contribution in [0.5, 0.6) is 0 Å². The molecular weight excluding hydrogens is 274 g/mol. The standard InChI is InChI=1S/C15H12ClN3O/c16-14-8-4-7-13(18-14)15(20)19(10-9-17)11-12-5-2-1-3-6-12/h1-8H,10-11H2. The molecule has 1 amide bonds. The number of carbonyl (C=O) groups excluding carboxylic acids is 1. The molecule has 0 saturated heterocycles. The molecule has 0 radical (unpaired) electrons. The van der Waals surface area contributed by atoms with Crippen LogP contribution < -0.4 is 0 Å². The summed E-state index contributed by atoms with van der Waals surface area (Å²) in [6, 6.07) is 16.3. The molecule has 2 rings (SSSR count). The molecule has 0 aliphatic rings. The molecule has 0 spiro atoms. The van der Waals surface area contributed by atoms with Crippen LogP contribution in [0.15, 0.2) is 48.5 Å². The Morgan fingerprint density at radius 1 is 1.20 bits per heavy atom. The zero-order valence-corrected chi connectivity index (χ0v) is 11.4. The van der Waals surface area contributed by atoms with Gasteiger partial charge >= 0.3 is 0 Å². The number of hydrogen-bond donors (Lipinski definition) is 0. The third kappa shape index (κ3) is 3.56. The molecule has 0 N–H and O–H groups in total. The minimum atomic E-state index is -0.307. The van der Waals surface area contributed by atoms with Crippen LogP contribution in [-0.2, 0) is 6.54 Å². The summed E-state index contributed by atoms with van der Waals surface area (Å²) >= 11 is 5.78. The molecule has 100 valence electrons. The fourth-order valence-electron chi connectivity index (χ4n) is 1.78. The van der Waals surface area contributed by atoms with E-state index in [0.29, 0.717) is 6.54 Å². The average molecular weight is 286 g/mol. The lowest BCUT2D eigenvalue weighted by Gasteiger charge is -2.19. The lowest BCUT2D eigenvalue weighted by Crippen LogP contribution is -2.31. The highest BCUT2D eigenvalue weighted by molar-refractivity contribution is 6.29. The maximum atomic E-state index is 12.3. The zero-order valence-electron chi connectivity index (χ0n) is 10.7. The summed E-state index contributed by atoms with van der Waals surface area (Å²) in [6.07, 6.45) is 0. The molecule has 0 atom stereocenters. The fourth-order valence-corrected chi connectivity index (χ4v) is 1.94. The van der Waals surface area contributed by atoms with Crippen molar-refractivity contribution in [2.45, 2.75) is 6.54 Å². The quantitative estimate of drug-likeness (QED) is 0.641. The van der Waals surface area contributed by atoms with Crippen LogP contribution >= 0.6 is 11.6 Å². The molecule has 0 unspecified atom stereocenters. The van der Waals surface area contributed by atoms with Gasteiger partial charge in [0.2, 0.25) is 0 Å². The van der Waals surface area contributed by atoms with Crippen LogP contribution in [0.4, 0.5) is 0 Å². The third-order valence-corrected chi connectivity index (χ3v) is 2.91. The van der Waals surface area contributed by atoms with E-state index in [-0.39, 0.29) is 23.3 Å². The van der Waals surface area contributed by atoms with Gasteiger partial charge in [-0.05, 0) is 17.7 Å². The van der Waals surface area contributed by atoms with E-state index >= 15 is 0 Å². The van der Waals surface area contributed by atoms with Gasteiger partial charge in [0.05, 0.1) is 6.07 Å². The Bertz CT molecular complexity index is 637. The van der Waals surface area contributed by atoms with Crippen LogP contribution in [0, 0.1) is 11.3 Å². The number of benzene rings is 1. The molecule has 0 saturated carbocycles. The predicted octanol–water partition coefficient (Wildman–Crippen LogP) is 2.90. The van der Waals surface area contributed by atoms with Crippen molar-refractivity contribution < 1.29 is 4.79 Å². The molecule has 2 aromatic rings. The Labute approximate surface area is 122 Å². The fraction of sp³-hybridized carbons (Fsp3) is 0.133. The van der Waals surface area contributed by atoms with E-state index in [0.717, 1.165) is 5.56 Å². The van der Waals surface area contributed by atoms with Crippen LogP contribution in [0.3, 0.4) is 0 Å². The SMILES string of the molecule is N#CCN(Cc1ccccc1)C(=O)c1cccc(Cl)n1. The molecule has 1 aromatic carbocycles. The first kappa shape index (κ1) is 14.0. The molecule has 4 nitrogen and oxygen atoms in total. The van der Waals surface area contributed by atoms with E-state index in [1.165, 1.54) is 4.90 Å². The average Bonchev–Trinajstić information content (AvgIpc) is 2.47. The van der Waals surface area contributed by atoms with E-state index in [4.69, 9.17) is 16.9 Å². The Balaban J connectivity index is 2.20. The lowest BCUT2D eigenvalue weighted by molar-refractivity contribution is 0.0759. The Hall–Kier alpha value is -2.38. The van der Waals surface area contributed by atoms with Crippen molar-refractivity contribution in [1.82, 2.24) is 9.88 Å². The topological polar surface area (TPSA) is 57.0 Å². The molecular formula is C15H12ClN3O. The van der Waals surface area contributed by atoms with Gasteiger partial charge in [0.15, 0.2) is 0 Å². The highest BCUT2D eigenvalue weighted by Crippen LogP contribution is 2.11. The summed E-state index contributed by atoms with van der Waals surface area (Å²) < 4.78 is 0. The number of hydrogen-bond acceptors (Lipinski definition) is 3. The zero-order chi connectivity index (χ0) is 14.4. The van der Waals surface area contributed by atoms with E-state index in [1.54, 1.807) is 18.2 Å². The van der Waals surface area contributed by atoms with E-state index in [9.17, 15) is 4.79 Å². The van der Waals surface area contributed by atoms with E-state index in [2.05, 4.69) is 4.98 Å². The number of halogens is 1. The predicted molar refractivity (Wildman–Crippen MR) is 76.0 cm³/mol. The molecule has 20 heavy (non-hydrogen) atoms. The summed E-state index contributed by atoms with van der Waals surface area (Å²) in [6.45, 7) is 0.364. The van der Waals surface area contributed by atoms with Gasteiger partial charge in [-0.2, -0.15) is 5.26 Å². The van der Waals surface area contributed by atoms with Crippen LogP contribution in [0.2, 0.25) is 5.15 Å². The highest BCUT2D eigenvalue weighted by Gasteiger charge is 2.17. The number of carbonyl (C=O) groups is 1. The monoisotopic (exact) mass is 285 g/mol. The van der Waals surface area contributed by atoms with Crippen LogP contribution in [0.1, 0.15) is 16.1 Å². The van der Waals surface area contributed by atoms with Gasteiger partial charge in [0.1, 0.15) is 17.4 Å². The Morgan fingerprint density at radius 3 is 2.60 bits per heavy atom. The molecule has 5 heteroatoms. The largest absolute Gasteiger partial charge is 0.320 e. The number of nitrogens with zero attached hydrogens (tertiary/aromatic N) is 3. The highest BCUT2D eigenvalue weighted by atomic mass is 35.5. The first-order chi connectivity index (χ1) is 9.70. The Morgan fingerprint density at radius 2 is 1.95 bits per heavy atom. The molecule has 0 aliphatic carbocycles. The summed E-state index contributed by atoms with van der Waals surface area (Å²) in [7, 11) is 0. The van der Waals surface area contributed by atoms with Gasteiger partial charge in [0, 0.05) is 6.54 Å². The van der Waals surface area contributed by atoms with Crippen molar-refractivity contribution in [3.63, 3.8) is 0 Å². The minimum absolute atomic E-state index is 0.00191. The van der Waals surface area contributed by atoms with E-state index in [1.807, 2.05) is 36.4 Å². The molecule has 0 bridgehead atoms. The summed E-state index contributed by atoms with van der Waals surface area (Å²) in [4.78, 5) is 17.8. The number of nitriles is 1. The number of aromatic nitrogens is 1. The molecule has 0 fully saturated rings. The second-order valence-corrected chi connectivity index (χ2v) is 4.54. The van der Waals surface area contributed by atoms with Gasteiger partial charge in [-0.1, -0.05) is 48.0 Å². The maximum Gasteiger partial charge on any atom is 0.273 e. The van der Waals surface area contributed by atoms with Gasteiger partial charge in [-0.25, -0.2) is 4.98 Å². The molecule has 1 aromatic heterocycles. The summed E-state index contributed by atoms with van der Waals surface area (Å²) in [5, 5.41) is 9.13. The molecule has 1 heterocycles.